The van der Waals surface area contributed by atoms with E-state index in [1.54, 1.807) is 6.92 Å². The maximum absolute atomic E-state index is 11.0. The number of nitrogens with zero attached hydrogens (tertiary/aromatic N) is 1. The molecule has 1 aromatic heterocycles. The van der Waals surface area contributed by atoms with Gasteiger partial charge in [0.1, 0.15) is 15.6 Å². The minimum absolute atomic E-state index is 0.309. The van der Waals surface area contributed by atoms with Crippen molar-refractivity contribution < 1.29 is 14.6 Å². The molecule has 0 spiro atoms. The van der Waals surface area contributed by atoms with Crippen LogP contribution in [-0.2, 0) is 6.42 Å². The Bertz CT molecular complexity index is 648. The highest BCUT2D eigenvalue weighted by molar-refractivity contribution is 7.17. The number of carboxylic acids is 1. The monoisotopic (exact) mass is 275 g/mol. The molecule has 1 aliphatic rings. The second kappa shape index (κ2) is 4.66. The number of rotatable bonds is 2. The zero-order chi connectivity index (χ0) is 13.4. The smallest absolute Gasteiger partial charge is 0.347 e. The Hall–Kier alpha value is -1.88. The van der Waals surface area contributed by atoms with Crippen molar-refractivity contribution in [2.75, 3.05) is 6.61 Å². The summed E-state index contributed by atoms with van der Waals surface area (Å²) in [5.74, 6) is 0.0179. The number of carbonyl (C=O) groups is 1. The van der Waals surface area contributed by atoms with Gasteiger partial charge in [0.05, 0.1) is 12.3 Å². The van der Waals surface area contributed by atoms with Crippen LogP contribution in [0.2, 0.25) is 0 Å². The van der Waals surface area contributed by atoms with Gasteiger partial charge in [0.2, 0.25) is 0 Å². The molecule has 0 amide bonds. The van der Waals surface area contributed by atoms with Crippen LogP contribution in [0.25, 0.3) is 10.6 Å². The van der Waals surface area contributed by atoms with E-state index in [1.807, 2.05) is 12.1 Å². The summed E-state index contributed by atoms with van der Waals surface area (Å²) in [6.45, 7) is 2.50. The van der Waals surface area contributed by atoms with E-state index in [1.165, 1.54) is 16.9 Å². The summed E-state index contributed by atoms with van der Waals surface area (Å²) in [4.78, 5) is 15.7. The van der Waals surface area contributed by atoms with Crippen LogP contribution in [0.5, 0.6) is 5.75 Å². The highest BCUT2D eigenvalue weighted by Gasteiger charge is 2.17. The van der Waals surface area contributed by atoms with Crippen LogP contribution in [0, 0.1) is 6.92 Å². The molecular formula is C14H13NO3S. The van der Waals surface area contributed by atoms with Gasteiger partial charge in [-0.05, 0) is 43.5 Å². The van der Waals surface area contributed by atoms with Gasteiger partial charge >= 0.3 is 5.97 Å². The van der Waals surface area contributed by atoms with E-state index in [-0.39, 0.29) is 0 Å². The molecule has 4 nitrogen and oxygen atoms in total. The van der Waals surface area contributed by atoms with Crippen LogP contribution in [0.1, 0.15) is 27.3 Å². The molecule has 0 unspecified atom stereocenters. The minimum Gasteiger partial charge on any atom is -0.493 e. The van der Waals surface area contributed by atoms with Crippen LogP contribution in [-0.4, -0.2) is 22.7 Å². The molecule has 5 heteroatoms. The van der Waals surface area contributed by atoms with E-state index < -0.39 is 5.97 Å². The van der Waals surface area contributed by atoms with Crippen LogP contribution < -0.4 is 4.74 Å². The second-order valence-electron chi connectivity index (χ2n) is 4.51. The molecule has 0 saturated heterocycles. The van der Waals surface area contributed by atoms with Gasteiger partial charge in [0.25, 0.3) is 0 Å². The van der Waals surface area contributed by atoms with Crippen LogP contribution >= 0.6 is 11.3 Å². The zero-order valence-corrected chi connectivity index (χ0v) is 11.3. The van der Waals surface area contributed by atoms with Crippen molar-refractivity contribution in [3.05, 3.63) is 34.3 Å². The molecule has 0 atom stereocenters. The summed E-state index contributed by atoms with van der Waals surface area (Å²) in [5.41, 5.74) is 2.71. The third-order valence-electron chi connectivity index (χ3n) is 3.15. The highest BCUT2D eigenvalue weighted by atomic mass is 32.1. The first-order valence-electron chi connectivity index (χ1n) is 6.12. The van der Waals surface area contributed by atoms with Crippen molar-refractivity contribution in [2.24, 2.45) is 0 Å². The van der Waals surface area contributed by atoms with E-state index in [2.05, 4.69) is 11.1 Å². The van der Waals surface area contributed by atoms with Crippen molar-refractivity contribution in [2.45, 2.75) is 19.8 Å². The van der Waals surface area contributed by atoms with Gasteiger partial charge in [-0.3, -0.25) is 0 Å². The third-order valence-corrected chi connectivity index (χ3v) is 4.34. The fraction of sp³-hybridized carbons (Fsp3) is 0.286. The fourth-order valence-corrected chi connectivity index (χ4v) is 3.11. The molecule has 2 aromatic rings. The summed E-state index contributed by atoms with van der Waals surface area (Å²) in [6.07, 6.45) is 2.02. The molecule has 0 radical (unpaired) electrons. The van der Waals surface area contributed by atoms with Crippen LogP contribution in [0.3, 0.4) is 0 Å². The third kappa shape index (κ3) is 2.21. The van der Waals surface area contributed by atoms with Crippen molar-refractivity contribution >= 4 is 17.3 Å². The Morgan fingerprint density at radius 1 is 1.47 bits per heavy atom. The molecule has 98 valence electrons. The number of carboxylic acid groups (broad SMARTS) is 1. The Balaban J connectivity index is 2.02. The first-order valence-corrected chi connectivity index (χ1v) is 6.93. The molecule has 1 aromatic carbocycles. The topological polar surface area (TPSA) is 59.4 Å². The summed E-state index contributed by atoms with van der Waals surface area (Å²) in [5, 5.41) is 9.82. The molecule has 0 aliphatic carbocycles. The van der Waals surface area contributed by atoms with Gasteiger partial charge in [0.15, 0.2) is 0 Å². The maximum Gasteiger partial charge on any atom is 0.347 e. The first-order chi connectivity index (χ1) is 9.15. The standard InChI is InChI=1S/C14H13NO3S/c1-8-12(14(16)17)19-13(15-8)10-4-5-11-9(7-10)3-2-6-18-11/h4-5,7H,2-3,6H2,1H3,(H,16,17). The fourth-order valence-electron chi connectivity index (χ4n) is 2.21. The SMILES string of the molecule is Cc1nc(-c2ccc3c(c2)CCCO3)sc1C(=O)O. The lowest BCUT2D eigenvalue weighted by molar-refractivity contribution is 0.0701. The zero-order valence-electron chi connectivity index (χ0n) is 10.5. The Labute approximate surface area is 114 Å². The Morgan fingerprint density at radius 2 is 2.32 bits per heavy atom. The minimum atomic E-state index is -0.914. The summed E-state index contributed by atoms with van der Waals surface area (Å²) in [7, 11) is 0. The number of aromatic nitrogens is 1. The van der Waals surface area contributed by atoms with Gasteiger partial charge in [-0.2, -0.15) is 0 Å². The molecule has 1 N–H and O–H groups in total. The number of hydrogen-bond donors (Lipinski definition) is 1. The van der Waals surface area contributed by atoms with Crippen molar-refractivity contribution in [1.29, 1.82) is 0 Å². The molecule has 0 fully saturated rings. The van der Waals surface area contributed by atoms with Crippen molar-refractivity contribution in [3.8, 4) is 16.3 Å². The van der Waals surface area contributed by atoms with Gasteiger partial charge in [-0.1, -0.05) is 0 Å². The molecule has 1 aliphatic heterocycles. The number of hydrogen-bond acceptors (Lipinski definition) is 4. The summed E-state index contributed by atoms with van der Waals surface area (Å²) >= 11 is 1.22. The van der Waals surface area contributed by atoms with E-state index >= 15 is 0 Å². The molecule has 2 heterocycles. The normalized spacial score (nSPS) is 13.7. The molecular weight excluding hydrogens is 262 g/mol. The number of aromatic carboxylic acids is 1. The average Bonchev–Trinajstić information content (AvgIpc) is 2.80. The number of thiazole rings is 1. The lowest BCUT2D eigenvalue weighted by Gasteiger charge is -2.17. The summed E-state index contributed by atoms with van der Waals surface area (Å²) < 4.78 is 5.57. The molecule has 0 bridgehead atoms. The van der Waals surface area contributed by atoms with Crippen molar-refractivity contribution in [1.82, 2.24) is 4.98 Å². The summed E-state index contributed by atoms with van der Waals surface area (Å²) in [6, 6.07) is 5.94. The van der Waals surface area contributed by atoms with E-state index in [4.69, 9.17) is 9.84 Å². The van der Waals surface area contributed by atoms with Crippen LogP contribution in [0.4, 0.5) is 0 Å². The molecule has 3 rings (SSSR count). The van der Waals surface area contributed by atoms with E-state index in [9.17, 15) is 4.79 Å². The average molecular weight is 275 g/mol. The first kappa shape index (κ1) is 12.2. The second-order valence-corrected chi connectivity index (χ2v) is 5.51. The van der Waals surface area contributed by atoms with Gasteiger partial charge in [0, 0.05) is 5.56 Å². The van der Waals surface area contributed by atoms with Crippen molar-refractivity contribution in [3.63, 3.8) is 0 Å². The largest absolute Gasteiger partial charge is 0.493 e. The number of aryl methyl sites for hydroxylation is 2. The van der Waals surface area contributed by atoms with Gasteiger partial charge in [-0.15, -0.1) is 11.3 Å². The number of ether oxygens (including phenoxy) is 1. The lowest BCUT2D eigenvalue weighted by atomic mass is 10.0. The van der Waals surface area contributed by atoms with E-state index in [0.29, 0.717) is 10.6 Å². The predicted octanol–water partition coefficient (Wildman–Crippen LogP) is 3.14. The highest BCUT2D eigenvalue weighted by Crippen LogP contribution is 2.33. The number of fused-ring (bicyclic) bond motifs is 1. The van der Waals surface area contributed by atoms with E-state index in [0.717, 1.165) is 35.8 Å². The quantitative estimate of drug-likeness (QED) is 0.914. The lowest BCUT2D eigenvalue weighted by Crippen LogP contribution is -2.07. The Morgan fingerprint density at radius 3 is 3.05 bits per heavy atom. The van der Waals surface area contributed by atoms with Gasteiger partial charge in [-0.25, -0.2) is 9.78 Å². The predicted molar refractivity (Wildman–Crippen MR) is 73.1 cm³/mol. The maximum atomic E-state index is 11.0. The van der Waals surface area contributed by atoms with Gasteiger partial charge < -0.3 is 9.84 Å². The molecule has 0 saturated carbocycles. The van der Waals surface area contributed by atoms with Crippen LogP contribution in [0.15, 0.2) is 18.2 Å². The Kier molecular flexibility index (Phi) is 2.98. The molecule has 19 heavy (non-hydrogen) atoms. The number of benzene rings is 1.